The van der Waals surface area contributed by atoms with Crippen molar-refractivity contribution in [2.45, 2.75) is 45.9 Å². The zero-order chi connectivity index (χ0) is 18.7. The molecule has 0 bridgehead atoms. The van der Waals surface area contributed by atoms with Gasteiger partial charge in [-0.15, -0.1) is 0 Å². The van der Waals surface area contributed by atoms with Crippen molar-refractivity contribution in [3.05, 3.63) is 29.3 Å². The number of rotatable bonds is 7. The Morgan fingerprint density at radius 3 is 2.62 bits per heavy atom. The molecule has 1 aliphatic rings. The molecule has 0 saturated carbocycles. The summed E-state index contributed by atoms with van der Waals surface area (Å²) in [5.74, 6) is 1.32. The van der Waals surface area contributed by atoms with Crippen molar-refractivity contribution in [2.75, 3.05) is 18.1 Å². The van der Waals surface area contributed by atoms with E-state index in [0.717, 1.165) is 30.9 Å². The van der Waals surface area contributed by atoms with E-state index in [4.69, 9.17) is 17.3 Å². The molecule has 1 aliphatic heterocycles. The molecule has 1 fully saturated rings. The van der Waals surface area contributed by atoms with Crippen molar-refractivity contribution < 1.29 is 8.42 Å². The third-order valence-electron chi connectivity index (χ3n) is 4.76. The SMILES string of the molecule is CCCn1c(-c2ccncc2)nn(CN(CC)[C@H]2CCS(=O)(=O)C2)c1=S. The summed E-state index contributed by atoms with van der Waals surface area (Å²) in [4.78, 5) is 6.22. The normalized spacial score (nSPS) is 19.3. The van der Waals surface area contributed by atoms with E-state index in [-0.39, 0.29) is 17.5 Å². The molecule has 142 valence electrons. The first-order valence-corrected chi connectivity index (χ1v) is 11.2. The average molecular weight is 396 g/mol. The molecule has 3 rings (SSSR count). The predicted octanol–water partition coefficient (Wildman–Crippen LogP) is 2.35. The zero-order valence-electron chi connectivity index (χ0n) is 15.2. The summed E-state index contributed by atoms with van der Waals surface area (Å²) in [6.45, 7) is 6.20. The Hall–Kier alpha value is -1.58. The van der Waals surface area contributed by atoms with E-state index in [9.17, 15) is 8.42 Å². The van der Waals surface area contributed by atoms with Crippen molar-refractivity contribution in [1.82, 2.24) is 24.2 Å². The first-order chi connectivity index (χ1) is 12.4. The second-order valence-electron chi connectivity index (χ2n) is 6.60. The molecule has 1 atom stereocenters. The first-order valence-electron chi connectivity index (χ1n) is 8.97. The van der Waals surface area contributed by atoms with Crippen molar-refractivity contribution in [3.8, 4) is 11.4 Å². The molecular weight excluding hydrogens is 370 g/mol. The lowest BCUT2D eigenvalue weighted by molar-refractivity contribution is 0.164. The molecule has 0 radical (unpaired) electrons. The standard InChI is InChI=1S/C17H25N5O2S2/c1-3-10-21-16(14-5-8-18-9-6-14)19-22(17(21)25)13-20(4-2)15-7-11-26(23,24)12-15/h5-6,8-9,15H,3-4,7,10-13H2,1-2H3/t15-/m0/s1. The van der Waals surface area contributed by atoms with Crippen LogP contribution in [-0.4, -0.2) is 56.7 Å². The van der Waals surface area contributed by atoms with Crippen molar-refractivity contribution in [3.63, 3.8) is 0 Å². The minimum Gasteiger partial charge on any atom is -0.300 e. The van der Waals surface area contributed by atoms with Gasteiger partial charge in [0.05, 0.1) is 18.2 Å². The fourth-order valence-corrected chi connectivity index (χ4v) is 5.42. The molecule has 26 heavy (non-hydrogen) atoms. The van der Waals surface area contributed by atoms with E-state index in [1.165, 1.54) is 0 Å². The number of hydrogen-bond donors (Lipinski definition) is 0. The highest BCUT2D eigenvalue weighted by Gasteiger charge is 2.32. The van der Waals surface area contributed by atoms with Crippen LogP contribution in [0.4, 0.5) is 0 Å². The highest BCUT2D eigenvalue weighted by molar-refractivity contribution is 7.91. The van der Waals surface area contributed by atoms with Crippen molar-refractivity contribution >= 4 is 22.1 Å². The number of pyridine rings is 1. The molecule has 1 saturated heterocycles. The molecule has 0 N–H and O–H groups in total. The largest absolute Gasteiger partial charge is 0.300 e. The van der Waals surface area contributed by atoms with Crippen LogP contribution < -0.4 is 0 Å². The van der Waals surface area contributed by atoms with E-state index >= 15 is 0 Å². The zero-order valence-corrected chi connectivity index (χ0v) is 16.8. The molecule has 2 aromatic rings. The van der Waals surface area contributed by atoms with Gasteiger partial charge in [-0.3, -0.25) is 14.5 Å². The molecular formula is C17H25N5O2S2. The van der Waals surface area contributed by atoms with Crippen LogP contribution in [0, 0.1) is 4.77 Å². The van der Waals surface area contributed by atoms with Crippen LogP contribution in [-0.2, 0) is 23.1 Å². The summed E-state index contributed by atoms with van der Waals surface area (Å²) in [6, 6.07) is 3.89. The minimum absolute atomic E-state index is 0.0348. The highest BCUT2D eigenvalue weighted by Crippen LogP contribution is 2.21. The van der Waals surface area contributed by atoms with Gasteiger partial charge in [0.2, 0.25) is 0 Å². The summed E-state index contributed by atoms with van der Waals surface area (Å²) in [5.41, 5.74) is 0.977. The highest BCUT2D eigenvalue weighted by atomic mass is 32.2. The third-order valence-corrected chi connectivity index (χ3v) is 6.94. The van der Waals surface area contributed by atoms with Crippen LogP contribution in [0.3, 0.4) is 0 Å². The Kier molecular flexibility index (Phi) is 5.89. The maximum atomic E-state index is 11.8. The maximum absolute atomic E-state index is 11.8. The van der Waals surface area contributed by atoms with E-state index in [1.807, 2.05) is 28.3 Å². The second kappa shape index (κ2) is 7.98. The molecule has 2 aromatic heterocycles. The van der Waals surface area contributed by atoms with Gasteiger partial charge in [-0.05, 0) is 43.7 Å². The van der Waals surface area contributed by atoms with Crippen LogP contribution in [0.25, 0.3) is 11.4 Å². The van der Waals surface area contributed by atoms with Crippen LogP contribution in [0.15, 0.2) is 24.5 Å². The number of sulfone groups is 1. The molecule has 0 aromatic carbocycles. The second-order valence-corrected chi connectivity index (χ2v) is 9.19. The fourth-order valence-electron chi connectivity index (χ4n) is 3.38. The Labute approximate surface area is 159 Å². The van der Waals surface area contributed by atoms with E-state index in [1.54, 1.807) is 12.4 Å². The van der Waals surface area contributed by atoms with Crippen molar-refractivity contribution in [2.24, 2.45) is 0 Å². The van der Waals surface area contributed by atoms with Gasteiger partial charge in [-0.1, -0.05) is 13.8 Å². The fraction of sp³-hybridized carbons (Fsp3) is 0.588. The molecule has 3 heterocycles. The number of aromatic nitrogens is 4. The summed E-state index contributed by atoms with van der Waals surface area (Å²) >= 11 is 5.67. The number of nitrogens with zero attached hydrogens (tertiary/aromatic N) is 5. The van der Waals surface area contributed by atoms with Gasteiger partial charge in [0.1, 0.15) is 0 Å². The molecule has 0 aliphatic carbocycles. The Morgan fingerprint density at radius 2 is 2.04 bits per heavy atom. The predicted molar refractivity (Wildman–Crippen MR) is 104 cm³/mol. The quantitative estimate of drug-likeness (QED) is 0.670. The molecule has 0 spiro atoms. The monoisotopic (exact) mass is 395 g/mol. The van der Waals surface area contributed by atoms with Gasteiger partial charge in [0.15, 0.2) is 20.4 Å². The van der Waals surface area contributed by atoms with Gasteiger partial charge in [-0.25, -0.2) is 13.1 Å². The van der Waals surface area contributed by atoms with E-state index < -0.39 is 9.84 Å². The van der Waals surface area contributed by atoms with E-state index in [2.05, 4.69) is 16.8 Å². The molecule has 9 heteroatoms. The maximum Gasteiger partial charge on any atom is 0.199 e. The summed E-state index contributed by atoms with van der Waals surface area (Å²) < 4.78 is 28.2. The Balaban J connectivity index is 1.91. The third kappa shape index (κ3) is 4.05. The van der Waals surface area contributed by atoms with Gasteiger partial charge < -0.3 is 0 Å². The lowest BCUT2D eigenvalue weighted by Crippen LogP contribution is -2.37. The van der Waals surface area contributed by atoms with Crippen LogP contribution in [0.2, 0.25) is 0 Å². The first kappa shape index (κ1) is 19.2. The minimum atomic E-state index is -2.92. The summed E-state index contributed by atoms with van der Waals surface area (Å²) in [6.07, 6.45) is 5.12. The average Bonchev–Trinajstić information content (AvgIpc) is 3.14. The summed E-state index contributed by atoms with van der Waals surface area (Å²) in [7, 11) is -2.92. The Bertz CT molecular complexity index is 905. The van der Waals surface area contributed by atoms with Gasteiger partial charge in [0.25, 0.3) is 0 Å². The smallest absolute Gasteiger partial charge is 0.199 e. The Morgan fingerprint density at radius 1 is 1.31 bits per heavy atom. The molecule has 0 amide bonds. The van der Waals surface area contributed by atoms with Gasteiger partial charge in [0, 0.05) is 30.5 Å². The lowest BCUT2D eigenvalue weighted by atomic mass is 10.2. The van der Waals surface area contributed by atoms with E-state index in [0.29, 0.717) is 17.9 Å². The van der Waals surface area contributed by atoms with Crippen LogP contribution in [0.1, 0.15) is 26.7 Å². The van der Waals surface area contributed by atoms with Gasteiger partial charge in [-0.2, -0.15) is 5.10 Å². The van der Waals surface area contributed by atoms with Crippen LogP contribution >= 0.6 is 12.2 Å². The van der Waals surface area contributed by atoms with Crippen molar-refractivity contribution in [1.29, 1.82) is 0 Å². The summed E-state index contributed by atoms with van der Waals surface area (Å²) in [5, 5.41) is 4.75. The molecule has 7 nitrogen and oxygen atoms in total. The van der Waals surface area contributed by atoms with Gasteiger partial charge >= 0.3 is 0 Å². The lowest BCUT2D eigenvalue weighted by Gasteiger charge is -2.26. The van der Waals surface area contributed by atoms with Crippen LogP contribution in [0.5, 0.6) is 0 Å². The topological polar surface area (TPSA) is 73.0 Å². The molecule has 0 unspecified atom stereocenters. The number of hydrogen-bond acceptors (Lipinski definition) is 6.